The predicted octanol–water partition coefficient (Wildman–Crippen LogP) is 2.74. The lowest BCUT2D eigenvalue weighted by atomic mass is 10.1. The minimum atomic E-state index is 0.448. The van der Waals surface area contributed by atoms with Crippen LogP contribution in [-0.4, -0.2) is 4.98 Å². The summed E-state index contributed by atoms with van der Waals surface area (Å²) in [5.41, 5.74) is 9.78. The zero-order chi connectivity index (χ0) is 13.0. The molecule has 2 rings (SSSR count). The molecule has 3 heteroatoms. The van der Waals surface area contributed by atoms with Crippen molar-refractivity contribution in [2.75, 3.05) is 0 Å². The van der Waals surface area contributed by atoms with Gasteiger partial charge >= 0.3 is 0 Å². The smallest absolute Gasteiger partial charge is 0.127 e. The highest BCUT2D eigenvalue weighted by atomic mass is 16.5. The molecule has 1 heterocycles. The molecule has 3 nitrogen and oxygen atoms in total. The van der Waals surface area contributed by atoms with E-state index in [1.807, 2.05) is 50.2 Å². The van der Waals surface area contributed by atoms with E-state index in [1.54, 1.807) is 0 Å². The van der Waals surface area contributed by atoms with Gasteiger partial charge in [0.05, 0.1) is 0 Å². The van der Waals surface area contributed by atoms with Gasteiger partial charge in [-0.2, -0.15) is 0 Å². The third-order valence-corrected chi connectivity index (χ3v) is 2.86. The molecule has 0 fully saturated rings. The second-order valence-corrected chi connectivity index (χ2v) is 4.30. The van der Waals surface area contributed by atoms with Gasteiger partial charge in [0, 0.05) is 29.6 Å². The maximum atomic E-state index is 5.86. The standard InChI is InChI=1S/C15H18N2O/c1-11-8-15(14(9-16)12(2)17-11)18-10-13-6-4-3-5-7-13/h3-8H,9-10,16H2,1-2H3. The van der Waals surface area contributed by atoms with E-state index in [4.69, 9.17) is 10.5 Å². The van der Waals surface area contributed by atoms with Gasteiger partial charge in [0.15, 0.2) is 0 Å². The Morgan fingerprint density at radius 1 is 1.17 bits per heavy atom. The molecular weight excluding hydrogens is 224 g/mol. The maximum absolute atomic E-state index is 5.86. The van der Waals surface area contributed by atoms with Crippen LogP contribution in [0.3, 0.4) is 0 Å². The molecule has 1 aromatic carbocycles. The Hall–Kier alpha value is -1.87. The van der Waals surface area contributed by atoms with E-state index >= 15 is 0 Å². The first kappa shape index (κ1) is 12.6. The van der Waals surface area contributed by atoms with Crippen molar-refractivity contribution in [3.05, 3.63) is 58.9 Å². The van der Waals surface area contributed by atoms with Gasteiger partial charge < -0.3 is 10.5 Å². The van der Waals surface area contributed by atoms with Gasteiger partial charge in [0.25, 0.3) is 0 Å². The Morgan fingerprint density at radius 2 is 1.89 bits per heavy atom. The zero-order valence-electron chi connectivity index (χ0n) is 10.8. The Labute approximate surface area is 108 Å². The number of nitrogens with two attached hydrogens (primary N) is 1. The van der Waals surface area contributed by atoms with E-state index < -0.39 is 0 Å². The number of aryl methyl sites for hydroxylation is 2. The van der Waals surface area contributed by atoms with Gasteiger partial charge in [-0.15, -0.1) is 0 Å². The molecule has 1 aromatic heterocycles. The molecule has 0 unspecified atom stereocenters. The molecular formula is C15H18N2O. The molecule has 0 saturated carbocycles. The Kier molecular flexibility index (Phi) is 3.95. The van der Waals surface area contributed by atoms with Crippen molar-refractivity contribution in [3.8, 4) is 5.75 Å². The third-order valence-electron chi connectivity index (χ3n) is 2.86. The number of rotatable bonds is 4. The summed E-state index contributed by atoms with van der Waals surface area (Å²) in [7, 11) is 0. The number of hydrogen-bond donors (Lipinski definition) is 1. The van der Waals surface area contributed by atoms with Crippen molar-refractivity contribution in [1.82, 2.24) is 4.98 Å². The third kappa shape index (κ3) is 2.87. The lowest BCUT2D eigenvalue weighted by Gasteiger charge is -2.13. The quantitative estimate of drug-likeness (QED) is 0.896. The van der Waals surface area contributed by atoms with Crippen LogP contribution in [0, 0.1) is 13.8 Å². The average Bonchev–Trinajstić information content (AvgIpc) is 2.37. The summed E-state index contributed by atoms with van der Waals surface area (Å²) in [5, 5.41) is 0. The Bertz CT molecular complexity index is 524. The molecule has 2 N–H and O–H groups in total. The van der Waals surface area contributed by atoms with Gasteiger partial charge in [0.1, 0.15) is 12.4 Å². The van der Waals surface area contributed by atoms with Crippen LogP contribution in [0.25, 0.3) is 0 Å². The predicted molar refractivity (Wildman–Crippen MR) is 72.4 cm³/mol. The SMILES string of the molecule is Cc1cc(OCc2ccccc2)c(CN)c(C)n1. The van der Waals surface area contributed by atoms with Crippen LogP contribution < -0.4 is 10.5 Å². The highest BCUT2D eigenvalue weighted by Crippen LogP contribution is 2.22. The van der Waals surface area contributed by atoms with Crippen molar-refractivity contribution >= 4 is 0 Å². The molecule has 0 spiro atoms. The molecule has 0 aliphatic rings. The van der Waals surface area contributed by atoms with Gasteiger partial charge in [-0.25, -0.2) is 0 Å². The topological polar surface area (TPSA) is 48.1 Å². The van der Waals surface area contributed by atoms with Crippen LogP contribution in [-0.2, 0) is 13.2 Å². The molecule has 0 saturated heterocycles. The van der Waals surface area contributed by atoms with Crippen LogP contribution >= 0.6 is 0 Å². The van der Waals surface area contributed by atoms with Crippen LogP contribution in [0.4, 0.5) is 0 Å². The second kappa shape index (κ2) is 5.65. The van der Waals surface area contributed by atoms with Crippen LogP contribution in [0.15, 0.2) is 36.4 Å². The molecule has 0 radical (unpaired) electrons. The summed E-state index contributed by atoms with van der Waals surface area (Å²) in [5.74, 6) is 0.839. The van der Waals surface area contributed by atoms with Crippen LogP contribution in [0.5, 0.6) is 5.75 Å². The van der Waals surface area contributed by atoms with E-state index in [-0.39, 0.29) is 0 Å². The molecule has 2 aromatic rings. The van der Waals surface area contributed by atoms with E-state index in [0.717, 1.165) is 28.3 Å². The molecule has 0 atom stereocenters. The monoisotopic (exact) mass is 242 g/mol. The summed E-state index contributed by atoms with van der Waals surface area (Å²) >= 11 is 0. The number of aromatic nitrogens is 1. The molecule has 0 aliphatic heterocycles. The van der Waals surface area contributed by atoms with Gasteiger partial charge in [-0.05, 0) is 19.4 Å². The highest BCUT2D eigenvalue weighted by molar-refractivity contribution is 5.37. The first-order chi connectivity index (χ1) is 8.70. The molecule has 0 amide bonds. The average molecular weight is 242 g/mol. The van der Waals surface area contributed by atoms with Crippen molar-refractivity contribution in [2.24, 2.45) is 5.73 Å². The van der Waals surface area contributed by atoms with Crippen LogP contribution in [0.2, 0.25) is 0 Å². The normalized spacial score (nSPS) is 10.4. The van der Waals surface area contributed by atoms with Crippen molar-refractivity contribution in [1.29, 1.82) is 0 Å². The number of pyridine rings is 1. The second-order valence-electron chi connectivity index (χ2n) is 4.30. The van der Waals surface area contributed by atoms with Crippen molar-refractivity contribution in [3.63, 3.8) is 0 Å². The molecule has 0 bridgehead atoms. The number of hydrogen-bond acceptors (Lipinski definition) is 3. The van der Waals surface area contributed by atoms with Crippen molar-refractivity contribution < 1.29 is 4.74 Å². The Morgan fingerprint density at radius 3 is 2.56 bits per heavy atom. The fourth-order valence-electron chi connectivity index (χ4n) is 1.93. The summed E-state index contributed by atoms with van der Waals surface area (Å²) in [6.45, 7) is 4.92. The van der Waals surface area contributed by atoms with E-state index in [2.05, 4.69) is 4.98 Å². The molecule has 0 aliphatic carbocycles. The largest absolute Gasteiger partial charge is 0.488 e. The van der Waals surface area contributed by atoms with E-state index in [0.29, 0.717) is 13.2 Å². The zero-order valence-corrected chi connectivity index (χ0v) is 10.8. The fraction of sp³-hybridized carbons (Fsp3) is 0.267. The number of benzene rings is 1. The molecule has 94 valence electrons. The van der Waals surface area contributed by atoms with E-state index in [9.17, 15) is 0 Å². The fourth-order valence-corrected chi connectivity index (χ4v) is 1.93. The first-order valence-electron chi connectivity index (χ1n) is 6.04. The summed E-state index contributed by atoms with van der Waals surface area (Å²) in [6, 6.07) is 12.0. The lowest BCUT2D eigenvalue weighted by molar-refractivity contribution is 0.302. The van der Waals surface area contributed by atoms with Gasteiger partial charge in [-0.3, -0.25) is 4.98 Å². The highest BCUT2D eigenvalue weighted by Gasteiger charge is 2.08. The number of nitrogens with zero attached hydrogens (tertiary/aromatic N) is 1. The lowest BCUT2D eigenvalue weighted by Crippen LogP contribution is -2.07. The maximum Gasteiger partial charge on any atom is 0.127 e. The van der Waals surface area contributed by atoms with Crippen LogP contribution in [0.1, 0.15) is 22.5 Å². The number of ether oxygens (including phenoxy) is 1. The summed E-state index contributed by atoms with van der Waals surface area (Å²) in [6.07, 6.45) is 0. The minimum absolute atomic E-state index is 0.448. The van der Waals surface area contributed by atoms with E-state index in [1.165, 1.54) is 0 Å². The van der Waals surface area contributed by atoms with Crippen molar-refractivity contribution in [2.45, 2.75) is 27.0 Å². The molecule has 18 heavy (non-hydrogen) atoms. The summed E-state index contributed by atoms with van der Waals surface area (Å²) < 4.78 is 5.86. The minimum Gasteiger partial charge on any atom is -0.488 e. The van der Waals surface area contributed by atoms with Gasteiger partial charge in [0.2, 0.25) is 0 Å². The first-order valence-corrected chi connectivity index (χ1v) is 6.04. The van der Waals surface area contributed by atoms with Gasteiger partial charge in [-0.1, -0.05) is 30.3 Å². The summed E-state index contributed by atoms with van der Waals surface area (Å²) in [4.78, 5) is 4.40. The Balaban J connectivity index is 2.18.